The van der Waals surface area contributed by atoms with Gasteiger partial charge in [-0.1, -0.05) is 22.0 Å². The number of thioether (sulfide) groups is 1. The van der Waals surface area contributed by atoms with Crippen LogP contribution in [0, 0.1) is 5.82 Å². The van der Waals surface area contributed by atoms with Crippen molar-refractivity contribution < 1.29 is 9.18 Å². The molecule has 104 valence electrons. The van der Waals surface area contributed by atoms with E-state index in [4.69, 9.17) is 5.73 Å². The zero-order valence-electron chi connectivity index (χ0n) is 10.4. The second-order valence-corrected chi connectivity index (χ2v) is 5.99. The van der Waals surface area contributed by atoms with Crippen molar-refractivity contribution in [2.24, 2.45) is 0 Å². The highest BCUT2D eigenvalue weighted by molar-refractivity contribution is 9.10. The number of nitrogen functional groups attached to an aromatic ring is 1. The number of nitrogens with one attached hydrogen (secondary N) is 1. The molecule has 3 N–H and O–H groups in total. The van der Waals surface area contributed by atoms with Gasteiger partial charge in [0.2, 0.25) is 5.91 Å². The van der Waals surface area contributed by atoms with E-state index in [-0.39, 0.29) is 11.7 Å². The zero-order valence-corrected chi connectivity index (χ0v) is 12.8. The molecular weight excluding hydrogens is 343 g/mol. The van der Waals surface area contributed by atoms with Crippen LogP contribution in [0.25, 0.3) is 0 Å². The lowest BCUT2D eigenvalue weighted by atomic mass is 10.2. The third-order valence-corrected chi connectivity index (χ3v) is 3.94. The normalized spacial score (nSPS) is 10.3. The summed E-state index contributed by atoms with van der Waals surface area (Å²) < 4.78 is 14.0. The molecule has 0 bridgehead atoms. The SMILES string of the molecule is Nc1ccc(F)cc1NC(=O)CSc1cccc(Br)c1. The Morgan fingerprint density at radius 1 is 1.30 bits per heavy atom. The van der Waals surface area contributed by atoms with Crippen LogP contribution in [0.5, 0.6) is 0 Å². The van der Waals surface area contributed by atoms with Crippen LogP contribution in [0.15, 0.2) is 51.8 Å². The lowest BCUT2D eigenvalue weighted by molar-refractivity contribution is -0.113. The summed E-state index contributed by atoms with van der Waals surface area (Å²) in [4.78, 5) is 12.8. The summed E-state index contributed by atoms with van der Waals surface area (Å²) >= 11 is 4.76. The van der Waals surface area contributed by atoms with E-state index in [1.54, 1.807) is 0 Å². The number of carbonyl (C=O) groups is 1. The highest BCUT2D eigenvalue weighted by atomic mass is 79.9. The summed E-state index contributed by atoms with van der Waals surface area (Å²) in [6, 6.07) is 11.5. The molecule has 0 saturated carbocycles. The first-order valence-corrected chi connectivity index (χ1v) is 7.56. The van der Waals surface area contributed by atoms with Gasteiger partial charge in [0.15, 0.2) is 0 Å². The molecule has 0 aliphatic rings. The number of hydrogen-bond donors (Lipinski definition) is 2. The molecule has 0 fully saturated rings. The first-order valence-electron chi connectivity index (χ1n) is 5.78. The van der Waals surface area contributed by atoms with Gasteiger partial charge in [-0.05, 0) is 36.4 Å². The van der Waals surface area contributed by atoms with Gasteiger partial charge in [-0.3, -0.25) is 4.79 Å². The Morgan fingerprint density at radius 2 is 2.10 bits per heavy atom. The van der Waals surface area contributed by atoms with Crippen molar-refractivity contribution >= 4 is 45.0 Å². The molecule has 0 saturated heterocycles. The van der Waals surface area contributed by atoms with E-state index in [9.17, 15) is 9.18 Å². The van der Waals surface area contributed by atoms with Gasteiger partial charge in [0.1, 0.15) is 5.82 Å². The third-order valence-electron chi connectivity index (χ3n) is 2.46. The number of benzene rings is 2. The molecule has 0 aliphatic heterocycles. The van der Waals surface area contributed by atoms with Crippen molar-refractivity contribution in [3.05, 3.63) is 52.8 Å². The molecule has 0 spiro atoms. The average molecular weight is 355 g/mol. The second kappa shape index (κ2) is 6.76. The van der Waals surface area contributed by atoms with Crippen molar-refractivity contribution in [1.82, 2.24) is 0 Å². The molecule has 0 heterocycles. The standard InChI is InChI=1S/C14H12BrFN2OS/c15-9-2-1-3-11(6-9)20-8-14(19)18-13-7-10(16)4-5-12(13)17/h1-7H,8,17H2,(H,18,19). The van der Waals surface area contributed by atoms with E-state index in [0.29, 0.717) is 11.4 Å². The molecule has 2 aromatic carbocycles. The summed E-state index contributed by atoms with van der Waals surface area (Å²) in [5.74, 6) is -0.437. The lowest BCUT2D eigenvalue weighted by Crippen LogP contribution is -2.15. The Bertz CT molecular complexity index is 636. The van der Waals surface area contributed by atoms with Gasteiger partial charge in [-0.15, -0.1) is 11.8 Å². The van der Waals surface area contributed by atoms with Gasteiger partial charge < -0.3 is 11.1 Å². The molecule has 2 rings (SSSR count). The van der Waals surface area contributed by atoms with Crippen LogP contribution in [0.3, 0.4) is 0 Å². The van der Waals surface area contributed by atoms with Crippen molar-refractivity contribution in [2.45, 2.75) is 4.90 Å². The molecule has 0 radical (unpaired) electrons. The number of halogens is 2. The Labute approximate surface area is 128 Å². The van der Waals surface area contributed by atoms with Crippen LogP contribution in [-0.4, -0.2) is 11.7 Å². The largest absolute Gasteiger partial charge is 0.397 e. The van der Waals surface area contributed by atoms with E-state index in [0.717, 1.165) is 9.37 Å². The van der Waals surface area contributed by atoms with Crippen LogP contribution >= 0.6 is 27.7 Å². The van der Waals surface area contributed by atoms with Gasteiger partial charge in [0.25, 0.3) is 0 Å². The maximum Gasteiger partial charge on any atom is 0.234 e. The summed E-state index contributed by atoms with van der Waals surface area (Å²) in [6.07, 6.45) is 0. The molecule has 0 unspecified atom stereocenters. The van der Waals surface area contributed by atoms with Gasteiger partial charge in [0, 0.05) is 9.37 Å². The molecule has 0 aliphatic carbocycles. The van der Waals surface area contributed by atoms with Crippen LogP contribution in [0.1, 0.15) is 0 Å². The molecule has 1 amide bonds. The number of anilines is 2. The maximum atomic E-state index is 13.1. The summed E-state index contributed by atoms with van der Waals surface area (Å²) in [5, 5.41) is 2.60. The Hall–Kier alpha value is -1.53. The van der Waals surface area contributed by atoms with Crippen LogP contribution < -0.4 is 11.1 Å². The van der Waals surface area contributed by atoms with Gasteiger partial charge in [-0.25, -0.2) is 4.39 Å². The fourth-order valence-electron chi connectivity index (χ4n) is 1.53. The van der Waals surface area contributed by atoms with Gasteiger partial charge in [0.05, 0.1) is 17.1 Å². The van der Waals surface area contributed by atoms with Crippen molar-refractivity contribution in [2.75, 3.05) is 16.8 Å². The lowest BCUT2D eigenvalue weighted by Gasteiger charge is -2.08. The summed E-state index contributed by atoms with van der Waals surface area (Å²) in [6.45, 7) is 0. The number of hydrogen-bond acceptors (Lipinski definition) is 3. The van der Waals surface area contributed by atoms with E-state index in [2.05, 4.69) is 21.2 Å². The van der Waals surface area contributed by atoms with E-state index in [1.165, 1.54) is 30.0 Å². The molecule has 6 heteroatoms. The number of rotatable bonds is 4. The molecule has 0 aromatic heterocycles. The molecule has 0 atom stereocenters. The quantitative estimate of drug-likeness (QED) is 0.646. The molecule has 20 heavy (non-hydrogen) atoms. The van der Waals surface area contributed by atoms with E-state index >= 15 is 0 Å². The van der Waals surface area contributed by atoms with Gasteiger partial charge in [-0.2, -0.15) is 0 Å². The van der Waals surface area contributed by atoms with Crippen molar-refractivity contribution in [3.8, 4) is 0 Å². The summed E-state index contributed by atoms with van der Waals surface area (Å²) in [7, 11) is 0. The third kappa shape index (κ3) is 4.25. The van der Waals surface area contributed by atoms with Crippen LogP contribution in [0.2, 0.25) is 0 Å². The fourth-order valence-corrected chi connectivity index (χ4v) is 2.83. The van der Waals surface area contributed by atoms with E-state index < -0.39 is 5.82 Å². The number of amides is 1. The minimum absolute atomic E-state index is 0.229. The van der Waals surface area contributed by atoms with Crippen molar-refractivity contribution in [3.63, 3.8) is 0 Å². The highest BCUT2D eigenvalue weighted by Crippen LogP contribution is 2.23. The zero-order chi connectivity index (χ0) is 14.5. The van der Waals surface area contributed by atoms with Crippen LogP contribution in [0.4, 0.5) is 15.8 Å². The summed E-state index contributed by atoms with van der Waals surface area (Å²) in [5.41, 5.74) is 6.31. The van der Waals surface area contributed by atoms with Gasteiger partial charge >= 0.3 is 0 Å². The molecule has 2 aromatic rings. The topological polar surface area (TPSA) is 55.1 Å². The number of carbonyl (C=O) groups excluding carboxylic acids is 1. The highest BCUT2D eigenvalue weighted by Gasteiger charge is 2.07. The molecule has 3 nitrogen and oxygen atoms in total. The minimum Gasteiger partial charge on any atom is -0.397 e. The Balaban J connectivity index is 1.94. The first-order chi connectivity index (χ1) is 9.54. The van der Waals surface area contributed by atoms with Crippen LogP contribution in [-0.2, 0) is 4.79 Å². The Kier molecular flexibility index (Phi) is 5.03. The Morgan fingerprint density at radius 3 is 2.85 bits per heavy atom. The van der Waals surface area contributed by atoms with Crippen molar-refractivity contribution in [1.29, 1.82) is 0 Å². The minimum atomic E-state index is -0.436. The number of nitrogens with two attached hydrogens (primary N) is 1. The second-order valence-electron chi connectivity index (χ2n) is 4.03. The average Bonchev–Trinajstić information content (AvgIpc) is 2.41. The predicted octanol–water partition coefficient (Wildman–Crippen LogP) is 3.90. The molecular formula is C14H12BrFN2OS. The maximum absolute atomic E-state index is 13.1. The monoisotopic (exact) mass is 354 g/mol. The fraction of sp³-hybridized carbons (Fsp3) is 0.0714. The smallest absolute Gasteiger partial charge is 0.234 e. The first kappa shape index (κ1) is 14.9. The van der Waals surface area contributed by atoms with E-state index in [1.807, 2.05) is 24.3 Å². The predicted molar refractivity (Wildman–Crippen MR) is 84.3 cm³/mol.